The fraction of sp³-hybridized carbons (Fsp3) is 0.432. The molecule has 51 heavy (non-hydrogen) atoms. The first-order valence-corrected chi connectivity index (χ1v) is 18.6. The molecule has 4 atom stereocenters. The molecule has 2 aromatic carbocycles. The Bertz CT molecular complexity index is 1640. The maximum absolute atomic E-state index is 13.9. The van der Waals surface area contributed by atoms with Gasteiger partial charge in [-0.1, -0.05) is 74.5 Å². The summed E-state index contributed by atoms with van der Waals surface area (Å²) in [6.45, 7) is 4.83. The minimum Gasteiger partial charge on any atom is -0.444 e. The van der Waals surface area contributed by atoms with Gasteiger partial charge in [0.2, 0.25) is 5.91 Å². The predicted octanol–water partition coefficient (Wildman–Crippen LogP) is 4.84. The number of aromatic nitrogens is 2. The summed E-state index contributed by atoms with van der Waals surface area (Å²) >= 11 is 2.79. The van der Waals surface area contributed by atoms with Crippen LogP contribution in [-0.2, 0) is 42.1 Å². The SMILES string of the molecule is CC(C)[C@H](NC(=O)N(C)Cc1csc(CN(C)C)n1)C(=O)N[C@@H](Cc1ccccc1)C[C@H](O)[C@H](Cc1ccccc1)NC(=O)OCc1ccns1. The lowest BCUT2D eigenvalue weighted by Crippen LogP contribution is -2.55. The molecule has 14 heteroatoms. The Kier molecular flexibility index (Phi) is 15.4. The standard InChI is InChI=1S/C37H49N7O5S2/c1-25(2)34(42-36(47)44(5)21-29-24-50-33(39-29)22-43(3)4)35(46)40-28(18-26-12-8-6-9-13-26)20-32(45)31(19-27-14-10-7-11-15-27)41-37(48)49-23-30-16-17-38-51-30/h6-17,24-25,28,31-32,34,45H,18-23H2,1-5H3,(H,40,46)(H,41,48)(H,42,47)/t28-,31-,32-,34-/m0/s1. The van der Waals surface area contributed by atoms with Crippen LogP contribution >= 0.6 is 22.9 Å². The zero-order valence-electron chi connectivity index (χ0n) is 29.8. The number of aliphatic hydroxyl groups excluding tert-OH is 1. The molecule has 0 saturated carbocycles. The molecule has 274 valence electrons. The largest absolute Gasteiger partial charge is 0.444 e. The third-order valence-corrected chi connectivity index (χ3v) is 9.72. The van der Waals surface area contributed by atoms with Crippen LogP contribution < -0.4 is 16.0 Å². The van der Waals surface area contributed by atoms with Crippen LogP contribution in [0.15, 0.2) is 78.3 Å². The van der Waals surface area contributed by atoms with Crippen LogP contribution in [0, 0.1) is 5.92 Å². The smallest absolute Gasteiger partial charge is 0.407 e. The molecule has 2 aromatic heterocycles. The highest BCUT2D eigenvalue weighted by atomic mass is 32.1. The van der Waals surface area contributed by atoms with E-state index in [0.29, 0.717) is 19.4 Å². The van der Waals surface area contributed by atoms with Crippen molar-refractivity contribution in [3.05, 3.63) is 105 Å². The molecule has 0 aliphatic rings. The molecular formula is C37H49N7O5S2. The van der Waals surface area contributed by atoms with Crippen LogP contribution in [0.1, 0.15) is 47.0 Å². The van der Waals surface area contributed by atoms with Gasteiger partial charge < -0.3 is 35.6 Å². The predicted molar refractivity (Wildman–Crippen MR) is 200 cm³/mol. The van der Waals surface area contributed by atoms with E-state index >= 15 is 0 Å². The molecule has 4 rings (SSSR count). The quantitative estimate of drug-likeness (QED) is 0.114. The maximum atomic E-state index is 13.9. The van der Waals surface area contributed by atoms with E-state index in [1.165, 1.54) is 16.4 Å². The average molecular weight is 736 g/mol. The van der Waals surface area contributed by atoms with Gasteiger partial charge in [0.25, 0.3) is 0 Å². The van der Waals surface area contributed by atoms with Crippen LogP contribution in [-0.4, -0.2) is 87.7 Å². The number of thiazole rings is 1. The zero-order valence-corrected chi connectivity index (χ0v) is 31.5. The minimum atomic E-state index is -1.05. The molecule has 0 bridgehead atoms. The van der Waals surface area contributed by atoms with Crippen LogP contribution in [0.3, 0.4) is 0 Å². The van der Waals surface area contributed by atoms with Crippen molar-refractivity contribution in [2.24, 2.45) is 5.92 Å². The van der Waals surface area contributed by atoms with Gasteiger partial charge in [-0.3, -0.25) is 4.79 Å². The van der Waals surface area contributed by atoms with Crippen molar-refractivity contribution in [3.63, 3.8) is 0 Å². The second-order valence-electron chi connectivity index (χ2n) is 13.2. The maximum Gasteiger partial charge on any atom is 0.407 e. The molecule has 0 spiro atoms. The van der Waals surface area contributed by atoms with Gasteiger partial charge in [0.05, 0.1) is 29.3 Å². The third kappa shape index (κ3) is 13.4. The number of urea groups is 1. The van der Waals surface area contributed by atoms with E-state index in [1.54, 1.807) is 30.6 Å². The van der Waals surface area contributed by atoms with Crippen molar-refractivity contribution in [1.82, 2.24) is 35.1 Å². The first kappa shape index (κ1) is 39.4. The van der Waals surface area contributed by atoms with E-state index in [4.69, 9.17) is 4.74 Å². The van der Waals surface area contributed by atoms with Gasteiger partial charge in [-0.05, 0) is 68.0 Å². The number of hydrogen-bond acceptors (Lipinski definition) is 10. The second-order valence-corrected chi connectivity index (χ2v) is 15.1. The summed E-state index contributed by atoms with van der Waals surface area (Å²) in [4.78, 5) is 49.1. The topological polar surface area (TPSA) is 149 Å². The van der Waals surface area contributed by atoms with Gasteiger partial charge in [0, 0.05) is 31.2 Å². The number of ether oxygens (including phenoxy) is 1. The van der Waals surface area contributed by atoms with Crippen LogP contribution in [0.4, 0.5) is 9.59 Å². The van der Waals surface area contributed by atoms with E-state index in [2.05, 4.69) is 25.3 Å². The Balaban J connectivity index is 1.45. The number of nitrogens with one attached hydrogen (secondary N) is 3. The molecule has 4 N–H and O–H groups in total. The highest BCUT2D eigenvalue weighted by Crippen LogP contribution is 2.17. The molecule has 4 aromatic rings. The van der Waals surface area contributed by atoms with Gasteiger partial charge in [-0.2, -0.15) is 0 Å². The van der Waals surface area contributed by atoms with Crippen molar-refractivity contribution in [2.45, 2.75) is 77.0 Å². The monoisotopic (exact) mass is 735 g/mol. The van der Waals surface area contributed by atoms with Crippen LogP contribution in [0.5, 0.6) is 0 Å². The van der Waals surface area contributed by atoms with E-state index in [-0.39, 0.29) is 24.9 Å². The number of nitrogens with zero attached hydrogens (tertiary/aromatic N) is 4. The van der Waals surface area contributed by atoms with Gasteiger partial charge >= 0.3 is 12.1 Å². The highest BCUT2D eigenvalue weighted by Gasteiger charge is 2.31. The summed E-state index contributed by atoms with van der Waals surface area (Å²) in [5.74, 6) is -0.588. The average Bonchev–Trinajstić information content (AvgIpc) is 3.78. The first-order chi connectivity index (χ1) is 24.5. The summed E-state index contributed by atoms with van der Waals surface area (Å²) in [6, 6.07) is 18.5. The number of alkyl carbamates (subject to hydrolysis) is 1. The lowest BCUT2D eigenvalue weighted by Gasteiger charge is -2.30. The molecule has 0 aliphatic heterocycles. The normalized spacial score (nSPS) is 13.6. The fourth-order valence-corrected chi connectivity index (χ4v) is 6.89. The molecule has 0 unspecified atom stereocenters. The Morgan fingerprint density at radius 2 is 1.55 bits per heavy atom. The molecule has 0 saturated heterocycles. The molecular weight excluding hydrogens is 687 g/mol. The minimum absolute atomic E-state index is 0.0656. The summed E-state index contributed by atoms with van der Waals surface area (Å²) < 4.78 is 9.46. The number of rotatable bonds is 18. The highest BCUT2D eigenvalue weighted by molar-refractivity contribution is 7.09. The zero-order chi connectivity index (χ0) is 36.8. The van der Waals surface area contributed by atoms with Gasteiger partial charge in [-0.15, -0.1) is 11.3 Å². The van der Waals surface area contributed by atoms with Crippen LogP contribution in [0.2, 0.25) is 0 Å². The lowest BCUT2D eigenvalue weighted by atomic mass is 9.93. The molecule has 12 nitrogen and oxygen atoms in total. The number of hydrogen-bond donors (Lipinski definition) is 4. The summed E-state index contributed by atoms with van der Waals surface area (Å²) in [7, 11) is 5.63. The lowest BCUT2D eigenvalue weighted by molar-refractivity contribution is -0.124. The second kappa shape index (κ2) is 19.9. The van der Waals surface area contributed by atoms with Crippen molar-refractivity contribution >= 4 is 40.9 Å². The summed E-state index contributed by atoms with van der Waals surface area (Å²) in [5.41, 5.74) is 2.67. The van der Waals surface area contributed by atoms with Gasteiger partial charge in [0.1, 0.15) is 17.7 Å². The molecule has 2 heterocycles. The Labute approximate surface area is 308 Å². The number of amides is 4. The van der Waals surface area contributed by atoms with E-state index in [1.807, 2.05) is 98.9 Å². The van der Waals surface area contributed by atoms with Gasteiger partial charge in [0.15, 0.2) is 0 Å². The summed E-state index contributed by atoms with van der Waals surface area (Å²) in [6.07, 6.45) is 0.827. The molecule has 4 amide bonds. The Hall–Kier alpha value is -4.37. The fourth-order valence-electron chi connectivity index (χ4n) is 5.49. The molecule has 0 aliphatic carbocycles. The molecule has 0 radical (unpaired) electrons. The van der Waals surface area contributed by atoms with E-state index < -0.39 is 36.4 Å². The number of aliphatic hydroxyl groups is 1. The Morgan fingerprint density at radius 1 is 0.882 bits per heavy atom. The van der Waals surface area contributed by atoms with E-state index in [9.17, 15) is 19.5 Å². The number of carbonyl (C=O) groups is 3. The van der Waals surface area contributed by atoms with Crippen molar-refractivity contribution in [3.8, 4) is 0 Å². The van der Waals surface area contributed by atoms with E-state index in [0.717, 1.165) is 33.3 Å². The number of benzene rings is 2. The van der Waals surface area contributed by atoms with Crippen molar-refractivity contribution in [2.75, 3.05) is 21.1 Å². The first-order valence-electron chi connectivity index (χ1n) is 17.0. The van der Waals surface area contributed by atoms with Crippen molar-refractivity contribution < 1.29 is 24.2 Å². The van der Waals surface area contributed by atoms with Crippen molar-refractivity contribution in [1.29, 1.82) is 0 Å². The Morgan fingerprint density at radius 3 is 2.16 bits per heavy atom. The molecule has 0 fully saturated rings. The number of carbonyl (C=O) groups excluding carboxylic acids is 3. The van der Waals surface area contributed by atoms with Crippen LogP contribution in [0.25, 0.3) is 0 Å². The van der Waals surface area contributed by atoms with Gasteiger partial charge in [-0.25, -0.2) is 18.9 Å². The third-order valence-electron chi connectivity index (χ3n) is 8.13. The summed E-state index contributed by atoms with van der Waals surface area (Å²) in [5, 5.41) is 23.4.